The average molecular weight is 431 g/mol. The van der Waals surface area contributed by atoms with Crippen LogP contribution in [0, 0.1) is 0 Å². The second-order valence-electron chi connectivity index (χ2n) is 7.41. The Morgan fingerprint density at radius 3 is 2.67 bits per heavy atom. The first-order valence-corrected chi connectivity index (χ1v) is 9.99. The zero-order valence-corrected chi connectivity index (χ0v) is 17.7. The normalized spacial score (nSPS) is 20.5. The van der Waals surface area contributed by atoms with Crippen LogP contribution < -0.4 is 16.0 Å². The third kappa shape index (κ3) is 4.92. The highest BCUT2D eigenvalue weighted by Crippen LogP contribution is 2.27. The van der Waals surface area contributed by atoms with Gasteiger partial charge in [0.1, 0.15) is 6.04 Å². The Morgan fingerprint density at radius 2 is 1.90 bits per heavy atom. The van der Waals surface area contributed by atoms with Gasteiger partial charge in [-0.05, 0) is 42.7 Å². The van der Waals surface area contributed by atoms with Crippen molar-refractivity contribution in [2.24, 2.45) is 0 Å². The van der Waals surface area contributed by atoms with E-state index in [2.05, 4.69) is 16.0 Å². The lowest BCUT2D eigenvalue weighted by Gasteiger charge is -2.36. The number of hydrogen-bond acceptors (Lipinski definition) is 4. The molecule has 2 aliphatic heterocycles. The number of morpholine rings is 1. The van der Waals surface area contributed by atoms with Crippen LogP contribution in [0.3, 0.4) is 0 Å². The molecule has 1 fully saturated rings. The molecule has 3 N–H and O–H groups in total. The number of hydrogen-bond donors (Lipinski definition) is 3. The molecule has 2 aromatic carbocycles. The number of nitrogens with zero attached hydrogens (tertiary/aromatic N) is 1. The number of amides is 3. The van der Waals surface area contributed by atoms with Gasteiger partial charge in [0.2, 0.25) is 5.91 Å². The Kier molecular flexibility index (Phi) is 7.31. The monoisotopic (exact) mass is 430 g/mol. The Bertz CT molecular complexity index is 893. The number of rotatable bonds is 3. The Balaban J connectivity index is 0.00000256. The molecule has 0 spiro atoms. The van der Waals surface area contributed by atoms with E-state index in [4.69, 9.17) is 4.74 Å². The van der Waals surface area contributed by atoms with Crippen molar-refractivity contribution in [1.82, 2.24) is 10.2 Å². The third-order valence-electron chi connectivity index (χ3n) is 5.44. The van der Waals surface area contributed by atoms with Crippen LogP contribution in [0.1, 0.15) is 18.1 Å². The summed E-state index contributed by atoms with van der Waals surface area (Å²) in [5.74, 6) is 0.0723. The number of halogens is 1. The predicted octanol–water partition coefficient (Wildman–Crippen LogP) is 3.01. The number of anilines is 2. The smallest absolute Gasteiger partial charge is 0.323 e. The molecule has 0 unspecified atom stereocenters. The number of benzene rings is 2. The largest absolute Gasteiger partial charge is 0.375 e. The summed E-state index contributed by atoms with van der Waals surface area (Å²) < 4.78 is 5.62. The van der Waals surface area contributed by atoms with E-state index in [1.807, 2.05) is 60.4 Å². The molecule has 160 valence electrons. The van der Waals surface area contributed by atoms with E-state index in [0.717, 1.165) is 22.5 Å². The number of para-hydroxylation sites is 1. The van der Waals surface area contributed by atoms with Crippen molar-refractivity contribution in [2.75, 3.05) is 30.3 Å². The maximum Gasteiger partial charge on any atom is 0.323 e. The van der Waals surface area contributed by atoms with E-state index in [0.29, 0.717) is 32.7 Å². The molecule has 4 rings (SSSR count). The summed E-state index contributed by atoms with van der Waals surface area (Å²) >= 11 is 0. The third-order valence-corrected chi connectivity index (χ3v) is 5.44. The summed E-state index contributed by atoms with van der Waals surface area (Å²) in [4.78, 5) is 27.2. The molecule has 3 amide bonds. The van der Waals surface area contributed by atoms with E-state index in [9.17, 15) is 9.59 Å². The van der Waals surface area contributed by atoms with Gasteiger partial charge in [-0.3, -0.25) is 4.79 Å². The predicted molar refractivity (Wildman–Crippen MR) is 119 cm³/mol. The van der Waals surface area contributed by atoms with Crippen LogP contribution in [0.25, 0.3) is 0 Å². The first-order valence-electron chi connectivity index (χ1n) is 9.99. The fourth-order valence-corrected chi connectivity index (χ4v) is 3.93. The number of carbonyl (C=O) groups excluding carboxylic acids is 2. The quantitative estimate of drug-likeness (QED) is 0.699. The molecule has 2 atom stereocenters. The van der Waals surface area contributed by atoms with Crippen LogP contribution in [-0.4, -0.2) is 48.7 Å². The van der Waals surface area contributed by atoms with Gasteiger partial charge in [-0.25, -0.2) is 4.79 Å². The minimum atomic E-state index is -0.303. The lowest BCUT2D eigenvalue weighted by atomic mass is 9.96. The molecule has 30 heavy (non-hydrogen) atoms. The van der Waals surface area contributed by atoms with E-state index >= 15 is 0 Å². The second-order valence-corrected chi connectivity index (χ2v) is 7.41. The van der Waals surface area contributed by atoms with Gasteiger partial charge < -0.3 is 25.6 Å². The standard InChI is InChI=1S/C22H26N4O3.ClH/c1-15-20(23-11-13-29-15)21(27)26-12-10-18-16(14-26)6-5-9-19(18)25-22(28)24-17-7-3-2-4-8-17;/h2-9,15,20,23H,10-14H2,1H3,(H2,24,25,28);1H/t15-,20+;/m1./s1. The van der Waals surface area contributed by atoms with Crippen molar-refractivity contribution in [3.05, 3.63) is 59.7 Å². The zero-order valence-electron chi connectivity index (χ0n) is 16.9. The van der Waals surface area contributed by atoms with Crippen molar-refractivity contribution in [1.29, 1.82) is 0 Å². The topological polar surface area (TPSA) is 82.7 Å². The molecular formula is C22H27ClN4O3. The maximum atomic E-state index is 12.9. The number of fused-ring (bicyclic) bond motifs is 1. The van der Waals surface area contributed by atoms with Crippen molar-refractivity contribution in [2.45, 2.75) is 32.0 Å². The molecule has 0 radical (unpaired) electrons. The second kappa shape index (κ2) is 9.93. The van der Waals surface area contributed by atoms with E-state index < -0.39 is 0 Å². The van der Waals surface area contributed by atoms with Crippen molar-refractivity contribution < 1.29 is 14.3 Å². The van der Waals surface area contributed by atoms with Gasteiger partial charge in [-0.2, -0.15) is 0 Å². The molecular weight excluding hydrogens is 404 g/mol. The van der Waals surface area contributed by atoms with Crippen LogP contribution in [0.2, 0.25) is 0 Å². The molecule has 1 saturated heterocycles. The van der Waals surface area contributed by atoms with Crippen molar-refractivity contribution >= 4 is 35.7 Å². The van der Waals surface area contributed by atoms with Crippen molar-refractivity contribution in [3.8, 4) is 0 Å². The van der Waals surface area contributed by atoms with Gasteiger partial charge in [-0.1, -0.05) is 30.3 Å². The minimum Gasteiger partial charge on any atom is -0.375 e. The van der Waals surface area contributed by atoms with E-state index in [1.165, 1.54) is 0 Å². The maximum absolute atomic E-state index is 12.9. The number of ether oxygens (including phenoxy) is 1. The van der Waals surface area contributed by atoms with Crippen LogP contribution in [-0.2, 0) is 22.5 Å². The highest BCUT2D eigenvalue weighted by atomic mass is 35.5. The minimum absolute atomic E-state index is 0. The zero-order chi connectivity index (χ0) is 20.2. The molecule has 0 aliphatic carbocycles. The summed E-state index contributed by atoms with van der Waals surface area (Å²) in [7, 11) is 0. The Morgan fingerprint density at radius 1 is 1.10 bits per heavy atom. The van der Waals surface area contributed by atoms with Gasteiger partial charge in [0.15, 0.2) is 0 Å². The lowest BCUT2D eigenvalue weighted by Crippen LogP contribution is -2.57. The fraction of sp³-hybridized carbons (Fsp3) is 0.364. The summed E-state index contributed by atoms with van der Waals surface area (Å²) in [6.45, 7) is 4.41. The van der Waals surface area contributed by atoms with Crippen LogP contribution in [0.5, 0.6) is 0 Å². The molecule has 7 nitrogen and oxygen atoms in total. The van der Waals surface area contributed by atoms with Gasteiger partial charge in [0.05, 0.1) is 12.7 Å². The van der Waals surface area contributed by atoms with Gasteiger partial charge in [0, 0.05) is 31.0 Å². The van der Waals surface area contributed by atoms with Crippen molar-refractivity contribution in [3.63, 3.8) is 0 Å². The van der Waals surface area contributed by atoms with Gasteiger partial charge in [0.25, 0.3) is 0 Å². The van der Waals surface area contributed by atoms with E-state index in [1.54, 1.807) is 0 Å². The average Bonchev–Trinajstić information content (AvgIpc) is 2.74. The SMILES string of the molecule is C[C@H]1OCCN[C@@H]1C(=O)N1CCc2c(cccc2NC(=O)Nc2ccccc2)C1.Cl. The number of carbonyl (C=O) groups is 2. The molecule has 2 aromatic rings. The highest BCUT2D eigenvalue weighted by Gasteiger charge is 2.33. The summed E-state index contributed by atoms with van der Waals surface area (Å²) in [5.41, 5.74) is 3.67. The lowest BCUT2D eigenvalue weighted by molar-refractivity contribution is -0.140. The highest BCUT2D eigenvalue weighted by molar-refractivity contribution is 6.00. The summed E-state index contributed by atoms with van der Waals surface area (Å²) in [5, 5.41) is 9.05. The molecule has 8 heteroatoms. The Hall–Kier alpha value is -2.61. The Labute approximate surface area is 182 Å². The van der Waals surface area contributed by atoms with Crippen LogP contribution >= 0.6 is 12.4 Å². The van der Waals surface area contributed by atoms with E-state index in [-0.39, 0.29) is 36.5 Å². The van der Waals surface area contributed by atoms with Gasteiger partial charge in [-0.15, -0.1) is 12.4 Å². The number of nitrogens with one attached hydrogen (secondary N) is 3. The summed E-state index contributed by atoms with van der Waals surface area (Å²) in [6, 6.07) is 14.6. The number of urea groups is 1. The molecule has 0 aromatic heterocycles. The fourth-order valence-electron chi connectivity index (χ4n) is 3.93. The van der Waals surface area contributed by atoms with Gasteiger partial charge >= 0.3 is 6.03 Å². The molecule has 2 aliphatic rings. The van der Waals surface area contributed by atoms with Crippen LogP contribution in [0.15, 0.2) is 48.5 Å². The van der Waals surface area contributed by atoms with Crippen LogP contribution in [0.4, 0.5) is 16.2 Å². The molecule has 2 heterocycles. The first-order chi connectivity index (χ1) is 14.1. The first kappa shape index (κ1) is 22.1. The summed E-state index contributed by atoms with van der Waals surface area (Å²) in [6.07, 6.45) is 0.567. The molecule has 0 bridgehead atoms. The molecule has 0 saturated carbocycles.